The van der Waals surface area contributed by atoms with Gasteiger partial charge in [-0.15, -0.1) is 0 Å². The lowest BCUT2D eigenvalue weighted by molar-refractivity contribution is -0.136. The third kappa shape index (κ3) is 4.31. The van der Waals surface area contributed by atoms with E-state index in [1.807, 2.05) is 18.2 Å². The number of aliphatic carboxylic acids is 1. The normalized spacial score (nSPS) is 15.1. The highest BCUT2D eigenvalue weighted by Crippen LogP contribution is 2.34. The molecule has 1 fully saturated rings. The number of carboxylic acid groups (broad SMARTS) is 1. The lowest BCUT2D eigenvalue weighted by atomic mass is 9.97. The van der Waals surface area contributed by atoms with Crippen LogP contribution in [-0.2, 0) is 11.2 Å². The first-order valence-electron chi connectivity index (χ1n) is 10.6. The summed E-state index contributed by atoms with van der Waals surface area (Å²) < 4.78 is 6.22. The number of fused-ring (bicyclic) bond motifs is 1. The van der Waals surface area contributed by atoms with Gasteiger partial charge in [0.15, 0.2) is 0 Å². The van der Waals surface area contributed by atoms with E-state index in [1.165, 1.54) is 24.8 Å². The van der Waals surface area contributed by atoms with Gasteiger partial charge in [-0.05, 0) is 66.5 Å². The topological polar surface area (TPSA) is 62.3 Å². The Morgan fingerprint density at radius 3 is 2.48 bits per heavy atom. The Labute approximate surface area is 171 Å². The molecule has 0 spiro atoms. The Hall–Kier alpha value is -2.75. The van der Waals surface area contributed by atoms with Crippen molar-refractivity contribution in [3.63, 3.8) is 0 Å². The lowest BCUT2D eigenvalue weighted by Gasteiger charge is -2.23. The Bertz CT molecular complexity index is 995. The van der Waals surface area contributed by atoms with Crippen LogP contribution in [0.2, 0.25) is 0 Å². The largest absolute Gasteiger partial charge is 0.490 e. The van der Waals surface area contributed by atoms with Crippen LogP contribution in [-0.4, -0.2) is 22.2 Å². The summed E-state index contributed by atoms with van der Waals surface area (Å²) in [4.78, 5) is 15.0. The number of aromatic amines is 1. The van der Waals surface area contributed by atoms with Crippen LogP contribution in [0.1, 0.15) is 63.0 Å². The zero-order valence-corrected chi connectivity index (χ0v) is 17.2. The van der Waals surface area contributed by atoms with Crippen molar-refractivity contribution < 1.29 is 14.6 Å². The third-order valence-electron chi connectivity index (χ3n) is 5.93. The van der Waals surface area contributed by atoms with E-state index in [1.54, 1.807) is 0 Å². The van der Waals surface area contributed by atoms with Crippen LogP contribution in [0.15, 0.2) is 42.5 Å². The molecule has 1 aliphatic carbocycles. The van der Waals surface area contributed by atoms with E-state index in [0.29, 0.717) is 5.92 Å². The van der Waals surface area contributed by atoms with Gasteiger partial charge in [0.25, 0.3) is 0 Å². The summed E-state index contributed by atoms with van der Waals surface area (Å²) in [5.41, 5.74) is 4.93. The van der Waals surface area contributed by atoms with Crippen LogP contribution in [0.3, 0.4) is 0 Å². The highest BCUT2D eigenvalue weighted by atomic mass is 16.5. The summed E-state index contributed by atoms with van der Waals surface area (Å²) in [6.45, 7) is 4.34. The van der Waals surface area contributed by atoms with Crippen molar-refractivity contribution in [3.05, 3.63) is 53.6 Å². The zero-order valence-electron chi connectivity index (χ0n) is 17.2. The van der Waals surface area contributed by atoms with E-state index < -0.39 is 5.97 Å². The van der Waals surface area contributed by atoms with Gasteiger partial charge in [0.1, 0.15) is 5.75 Å². The number of hydrogen-bond donors (Lipinski definition) is 2. The van der Waals surface area contributed by atoms with E-state index in [0.717, 1.165) is 46.3 Å². The van der Waals surface area contributed by atoms with Crippen LogP contribution < -0.4 is 4.74 Å². The molecular weight excluding hydrogens is 362 g/mol. The molecule has 0 bridgehead atoms. The maximum absolute atomic E-state index is 11.6. The number of H-pyrrole nitrogens is 1. The fraction of sp³-hybridized carbons (Fsp3) is 0.400. The van der Waals surface area contributed by atoms with E-state index in [-0.39, 0.29) is 12.5 Å². The Kier molecular flexibility index (Phi) is 5.61. The second-order valence-corrected chi connectivity index (χ2v) is 8.41. The number of rotatable bonds is 6. The average molecular weight is 392 g/mol. The lowest BCUT2D eigenvalue weighted by Crippen LogP contribution is -2.19. The molecule has 1 aromatic heterocycles. The first-order valence-corrected chi connectivity index (χ1v) is 10.6. The van der Waals surface area contributed by atoms with Gasteiger partial charge >= 0.3 is 5.97 Å². The summed E-state index contributed by atoms with van der Waals surface area (Å²) in [5.74, 6) is 0.464. The molecule has 1 aliphatic rings. The quantitative estimate of drug-likeness (QED) is 0.518. The Morgan fingerprint density at radius 1 is 1.10 bits per heavy atom. The minimum atomic E-state index is -0.829. The van der Waals surface area contributed by atoms with Crippen LogP contribution in [0.4, 0.5) is 0 Å². The van der Waals surface area contributed by atoms with Gasteiger partial charge in [0.2, 0.25) is 0 Å². The van der Waals surface area contributed by atoms with Crippen molar-refractivity contribution in [2.75, 3.05) is 0 Å². The van der Waals surface area contributed by atoms with Crippen molar-refractivity contribution in [3.8, 4) is 17.0 Å². The van der Waals surface area contributed by atoms with Crippen LogP contribution in [0.5, 0.6) is 5.75 Å². The van der Waals surface area contributed by atoms with Gasteiger partial charge in [-0.3, -0.25) is 4.79 Å². The minimum Gasteiger partial charge on any atom is -0.490 e. The highest BCUT2D eigenvalue weighted by Gasteiger charge is 2.19. The molecular formula is C25H29NO3. The second-order valence-electron chi connectivity index (χ2n) is 8.41. The summed E-state index contributed by atoms with van der Waals surface area (Å²) in [5, 5.41) is 10.5. The van der Waals surface area contributed by atoms with Crippen molar-refractivity contribution in [1.82, 2.24) is 4.98 Å². The summed E-state index contributed by atoms with van der Waals surface area (Å²) in [7, 11) is 0. The summed E-state index contributed by atoms with van der Waals surface area (Å²) in [6, 6.07) is 14.4. The first kappa shape index (κ1) is 19.6. The molecule has 29 heavy (non-hydrogen) atoms. The molecule has 3 aromatic rings. The van der Waals surface area contributed by atoms with Crippen molar-refractivity contribution in [2.45, 2.75) is 64.4 Å². The molecule has 1 saturated carbocycles. The van der Waals surface area contributed by atoms with Crippen molar-refractivity contribution in [2.24, 2.45) is 0 Å². The molecule has 4 nitrogen and oxygen atoms in total. The minimum absolute atomic E-state index is 0.0197. The van der Waals surface area contributed by atoms with Crippen LogP contribution in [0, 0.1) is 0 Å². The molecule has 0 atom stereocenters. The van der Waals surface area contributed by atoms with Crippen molar-refractivity contribution in [1.29, 1.82) is 0 Å². The summed E-state index contributed by atoms with van der Waals surface area (Å²) >= 11 is 0. The van der Waals surface area contributed by atoms with Gasteiger partial charge in [-0.1, -0.05) is 44.5 Å². The smallest absolute Gasteiger partial charge is 0.307 e. The van der Waals surface area contributed by atoms with Crippen LogP contribution in [0.25, 0.3) is 22.2 Å². The molecule has 0 radical (unpaired) electrons. The SMILES string of the molecule is CC(C)c1ccc(-c2[nH]c3ccc(OC4CCCCC4)cc3c2CC(=O)O)cc1. The molecule has 152 valence electrons. The molecule has 2 N–H and O–H groups in total. The molecule has 4 rings (SSSR count). The molecule has 4 heteroatoms. The standard InChI is InChI=1S/C25H29NO3/c1-16(2)17-8-10-18(11-9-17)25-22(15-24(27)28)21-14-20(12-13-23(21)26-25)29-19-6-4-3-5-7-19/h8-14,16,19,26H,3-7,15H2,1-2H3,(H,27,28). The maximum Gasteiger partial charge on any atom is 0.307 e. The zero-order chi connectivity index (χ0) is 20.4. The number of nitrogens with one attached hydrogen (secondary N) is 1. The fourth-order valence-corrected chi connectivity index (χ4v) is 4.29. The first-order chi connectivity index (χ1) is 14.0. The fourth-order valence-electron chi connectivity index (χ4n) is 4.29. The monoisotopic (exact) mass is 391 g/mol. The molecule has 0 unspecified atom stereocenters. The molecule has 0 amide bonds. The molecule has 0 aliphatic heterocycles. The number of benzene rings is 2. The maximum atomic E-state index is 11.6. The van der Waals surface area contributed by atoms with Crippen LogP contribution >= 0.6 is 0 Å². The van der Waals surface area contributed by atoms with Gasteiger partial charge in [-0.25, -0.2) is 0 Å². The molecule has 1 heterocycles. The van der Waals surface area contributed by atoms with E-state index >= 15 is 0 Å². The van der Waals surface area contributed by atoms with Gasteiger partial charge in [-0.2, -0.15) is 0 Å². The molecule has 2 aromatic carbocycles. The Morgan fingerprint density at radius 2 is 1.83 bits per heavy atom. The highest BCUT2D eigenvalue weighted by molar-refractivity contribution is 5.94. The number of aromatic nitrogens is 1. The van der Waals surface area contributed by atoms with E-state index in [4.69, 9.17) is 4.74 Å². The number of hydrogen-bond acceptors (Lipinski definition) is 2. The second kappa shape index (κ2) is 8.32. The average Bonchev–Trinajstić information content (AvgIpc) is 3.06. The number of carboxylic acids is 1. The molecule has 0 saturated heterocycles. The van der Waals surface area contributed by atoms with Gasteiger partial charge < -0.3 is 14.8 Å². The summed E-state index contributed by atoms with van der Waals surface area (Å²) in [6.07, 6.45) is 6.18. The van der Waals surface area contributed by atoms with E-state index in [2.05, 4.69) is 43.1 Å². The van der Waals surface area contributed by atoms with Gasteiger partial charge in [0.05, 0.1) is 18.2 Å². The third-order valence-corrected chi connectivity index (χ3v) is 5.93. The number of ether oxygens (including phenoxy) is 1. The predicted molar refractivity (Wildman–Crippen MR) is 117 cm³/mol. The van der Waals surface area contributed by atoms with E-state index in [9.17, 15) is 9.90 Å². The number of carbonyl (C=O) groups is 1. The predicted octanol–water partition coefficient (Wildman–Crippen LogP) is 6.30. The van der Waals surface area contributed by atoms with Gasteiger partial charge in [0, 0.05) is 10.9 Å². The Balaban J connectivity index is 1.72. The van der Waals surface area contributed by atoms with Crippen molar-refractivity contribution >= 4 is 16.9 Å².